The van der Waals surface area contributed by atoms with Crippen LogP contribution in [-0.4, -0.2) is 35.0 Å². The lowest BCUT2D eigenvalue weighted by Gasteiger charge is -2.26. The molecule has 1 aliphatic rings. The Morgan fingerprint density at radius 1 is 1.53 bits per heavy atom. The summed E-state index contributed by atoms with van der Waals surface area (Å²) >= 11 is 0. The van der Waals surface area contributed by atoms with Crippen LogP contribution in [0.3, 0.4) is 0 Å². The second-order valence-corrected chi connectivity index (χ2v) is 5.01. The molecule has 0 bridgehead atoms. The Morgan fingerprint density at radius 2 is 2.47 bits per heavy atom. The van der Waals surface area contributed by atoms with E-state index in [-0.39, 0.29) is 0 Å². The minimum atomic E-state index is 0.584. The standard InChI is InChI=1S/C13H24N4/c1-12(11-13-5-2-3-6-15-13)14-8-10-17-9-4-7-16-17/h4,7,9,12-15H,2-3,5-6,8,10-11H2,1H3. The summed E-state index contributed by atoms with van der Waals surface area (Å²) in [5.41, 5.74) is 0. The lowest BCUT2D eigenvalue weighted by molar-refractivity contribution is 0.342. The first-order valence-electron chi connectivity index (χ1n) is 6.79. The normalized spacial score (nSPS) is 22.5. The molecule has 1 fully saturated rings. The van der Waals surface area contributed by atoms with Crippen molar-refractivity contribution in [2.24, 2.45) is 0 Å². The van der Waals surface area contributed by atoms with E-state index in [1.54, 1.807) is 0 Å². The van der Waals surface area contributed by atoms with E-state index in [1.807, 2.05) is 23.1 Å². The maximum absolute atomic E-state index is 4.19. The zero-order valence-corrected chi connectivity index (χ0v) is 10.7. The van der Waals surface area contributed by atoms with E-state index in [4.69, 9.17) is 0 Å². The van der Waals surface area contributed by atoms with Gasteiger partial charge in [-0.1, -0.05) is 6.42 Å². The number of nitrogens with one attached hydrogen (secondary N) is 2. The van der Waals surface area contributed by atoms with Crippen molar-refractivity contribution in [2.75, 3.05) is 13.1 Å². The van der Waals surface area contributed by atoms with Crippen molar-refractivity contribution >= 4 is 0 Å². The van der Waals surface area contributed by atoms with Gasteiger partial charge in [-0.25, -0.2) is 0 Å². The molecule has 2 atom stereocenters. The average Bonchev–Trinajstić information content (AvgIpc) is 2.83. The molecule has 1 aromatic rings. The lowest BCUT2D eigenvalue weighted by Crippen LogP contribution is -2.40. The van der Waals surface area contributed by atoms with Gasteiger partial charge in [-0.05, 0) is 38.8 Å². The molecule has 1 saturated heterocycles. The van der Waals surface area contributed by atoms with Gasteiger partial charge in [0.2, 0.25) is 0 Å². The summed E-state index contributed by atoms with van der Waals surface area (Å²) in [6.45, 7) is 5.43. The van der Waals surface area contributed by atoms with Gasteiger partial charge >= 0.3 is 0 Å². The number of aromatic nitrogens is 2. The Labute approximate surface area is 104 Å². The molecule has 1 aromatic heterocycles. The quantitative estimate of drug-likeness (QED) is 0.784. The molecule has 2 N–H and O–H groups in total. The van der Waals surface area contributed by atoms with Crippen molar-refractivity contribution in [3.05, 3.63) is 18.5 Å². The van der Waals surface area contributed by atoms with Crippen molar-refractivity contribution in [2.45, 2.75) is 51.2 Å². The van der Waals surface area contributed by atoms with Crippen LogP contribution in [0.5, 0.6) is 0 Å². The van der Waals surface area contributed by atoms with Crippen molar-refractivity contribution in [3.8, 4) is 0 Å². The maximum atomic E-state index is 4.19. The molecule has 17 heavy (non-hydrogen) atoms. The topological polar surface area (TPSA) is 41.9 Å². The van der Waals surface area contributed by atoms with Crippen LogP contribution in [0.1, 0.15) is 32.6 Å². The van der Waals surface area contributed by atoms with E-state index in [0.717, 1.165) is 19.1 Å². The molecular weight excluding hydrogens is 212 g/mol. The fourth-order valence-corrected chi connectivity index (χ4v) is 2.49. The summed E-state index contributed by atoms with van der Waals surface area (Å²) < 4.78 is 1.97. The van der Waals surface area contributed by atoms with E-state index < -0.39 is 0 Å². The predicted octanol–water partition coefficient (Wildman–Crippen LogP) is 1.39. The Bertz CT molecular complexity index is 290. The van der Waals surface area contributed by atoms with Crippen molar-refractivity contribution < 1.29 is 0 Å². The summed E-state index contributed by atoms with van der Waals surface area (Å²) in [6.07, 6.45) is 9.14. The van der Waals surface area contributed by atoms with E-state index >= 15 is 0 Å². The number of rotatable bonds is 6. The Morgan fingerprint density at radius 3 is 3.18 bits per heavy atom. The highest BCUT2D eigenvalue weighted by Crippen LogP contribution is 2.11. The molecule has 4 heteroatoms. The molecule has 1 aliphatic heterocycles. The first-order valence-corrected chi connectivity index (χ1v) is 6.79. The van der Waals surface area contributed by atoms with Crippen LogP contribution < -0.4 is 10.6 Å². The molecule has 0 spiro atoms. The third kappa shape index (κ3) is 4.48. The summed E-state index contributed by atoms with van der Waals surface area (Å²) in [7, 11) is 0. The smallest absolute Gasteiger partial charge is 0.0534 e. The van der Waals surface area contributed by atoms with Gasteiger partial charge in [-0.3, -0.25) is 4.68 Å². The minimum absolute atomic E-state index is 0.584. The Kier molecular flexibility index (Phi) is 5.01. The first kappa shape index (κ1) is 12.6. The molecule has 2 unspecified atom stereocenters. The first-order chi connectivity index (χ1) is 8.34. The number of piperidine rings is 1. The number of hydrogen-bond donors (Lipinski definition) is 2. The van der Waals surface area contributed by atoms with Crippen molar-refractivity contribution in [3.63, 3.8) is 0 Å². The van der Waals surface area contributed by atoms with Gasteiger partial charge in [0.05, 0.1) is 6.54 Å². The molecule has 2 rings (SSSR count). The molecule has 4 nitrogen and oxygen atoms in total. The van der Waals surface area contributed by atoms with Crippen LogP contribution in [-0.2, 0) is 6.54 Å². The highest BCUT2D eigenvalue weighted by molar-refractivity contribution is 4.79. The summed E-state index contributed by atoms with van der Waals surface area (Å²) in [5.74, 6) is 0. The Balaban J connectivity index is 1.58. The molecule has 96 valence electrons. The van der Waals surface area contributed by atoms with Crippen LogP contribution in [0.4, 0.5) is 0 Å². The van der Waals surface area contributed by atoms with E-state index in [9.17, 15) is 0 Å². The molecule has 0 aromatic carbocycles. The van der Waals surface area contributed by atoms with E-state index in [0.29, 0.717) is 6.04 Å². The fraction of sp³-hybridized carbons (Fsp3) is 0.769. The van der Waals surface area contributed by atoms with Gasteiger partial charge in [-0.2, -0.15) is 5.10 Å². The third-order valence-electron chi connectivity index (χ3n) is 3.44. The van der Waals surface area contributed by atoms with Crippen LogP contribution >= 0.6 is 0 Å². The van der Waals surface area contributed by atoms with Crippen LogP contribution in [0.2, 0.25) is 0 Å². The highest BCUT2D eigenvalue weighted by Gasteiger charge is 2.15. The molecule has 0 amide bonds. The number of nitrogens with zero attached hydrogens (tertiary/aromatic N) is 2. The van der Waals surface area contributed by atoms with Crippen molar-refractivity contribution in [1.82, 2.24) is 20.4 Å². The predicted molar refractivity (Wildman–Crippen MR) is 70.0 cm³/mol. The molecular formula is C13H24N4. The van der Waals surface area contributed by atoms with Gasteiger partial charge in [-0.15, -0.1) is 0 Å². The zero-order chi connectivity index (χ0) is 11.9. The molecule has 0 aliphatic carbocycles. The fourth-order valence-electron chi connectivity index (χ4n) is 2.49. The summed E-state index contributed by atoms with van der Waals surface area (Å²) in [5, 5.41) is 11.4. The maximum Gasteiger partial charge on any atom is 0.0534 e. The van der Waals surface area contributed by atoms with E-state index in [2.05, 4.69) is 22.7 Å². The summed E-state index contributed by atoms with van der Waals surface area (Å²) in [6, 6.07) is 3.27. The second-order valence-electron chi connectivity index (χ2n) is 5.01. The van der Waals surface area contributed by atoms with Crippen molar-refractivity contribution in [1.29, 1.82) is 0 Å². The van der Waals surface area contributed by atoms with Gasteiger partial charge in [0, 0.05) is 31.0 Å². The van der Waals surface area contributed by atoms with Crippen LogP contribution in [0, 0.1) is 0 Å². The SMILES string of the molecule is CC(CC1CCCCN1)NCCn1cccn1. The highest BCUT2D eigenvalue weighted by atomic mass is 15.3. The van der Waals surface area contributed by atoms with Gasteiger partial charge in [0.25, 0.3) is 0 Å². The van der Waals surface area contributed by atoms with Gasteiger partial charge < -0.3 is 10.6 Å². The molecule has 0 radical (unpaired) electrons. The minimum Gasteiger partial charge on any atom is -0.314 e. The second kappa shape index (κ2) is 6.77. The van der Waals surface area contributed by atoms with Gasteiger partial charge in [0.1, 0.15) is 0 Å². The number of hydrogen-bond acceptors (Lipinski definition) is 3. The zero-order valence-electron chi connectivity index (χ0n) is 10.7. The van der Waals surface area contributed by atoms with Crippen LogP contribution in [0.15, 0.2) is 18.5 Å². The average molecular weight is 236 g/mol. The summed E-state index contributed by atoms with van der Waals surface area (Å²) in [4.78, 5) is 0. The third-order valence-corrected chi connectivity index (χ3v) is 3.44. The lowest BCUT2D eigenvalue weighted by atomic mass is 9.99. The van der Waals surface area contributed by atoms with Gasteiger partial charge in [0.15, 0.2) is 0 Å². The largest absolute Gasteiger partial charge is 0.314 e. The monoisotopic (exact) mass is 236 g/mol. The molecule has 2 heterocycles. The Hall–Kier alpha value is -0.870. The van der Waals surface area contributed by atoms with Crippen LogP contribution in [0.25, 0.3) is 0 Å². The molecule has 0 saturated carbocycles. The van der Waals surface area contributed by atoms with E-state index in [1.165, 1.54) is 32.2 Å².